The van der Waals surface area contributed by atoms with Crippen molar-refractivity contribution in [3.63, 3.8) is 0 Å². The van der Waals surface area contributed by atoms with Crippen LogP contribution in [-0.4, -0.2) is 40.3 Å². The second-order valence-electron chi connectivity index (χ2n) is 5.26. The van der Waals surface area contributed by atoms with Gasteiger partial charge in [0.25, 0.3) is 0 Å². The molecule has 0 amide bonds. The average Bonchev–Trinajstić information content (AvgIpc) is 2.36. The topological polar surface area (TPSA) is 20.3 Å². The summed E-state index contributed by atoms with van der Waals surface area (Å²) in [6.45, 7) is 8.40. The highest BCUT2D eigenvalue weighted by Gasteiger charge is 2.29. The zero-order valence-electron chi connectivity index (χ0n) is 11.6. The van der Waals surface area contributed by atoms with Crippen molar-refractivity contribution in [3.8, 4) is 0 Å². The summed E-state index contributed by atoms with van der Waals surface area (Å²) >= 11 is 7.95. The molecule has 19 heavy (non-hydrogen) atoms. The Labute approximate surface area is 124 Å². The Morgan fingerprint density at radius 3 is 2.58 bits per heavy atom. The molecule has 2 nitrogen and oxygen atoms in total. The number of hydrogen-bond donors (Lipinski definition) is 0. The monoisotopic (exact) mass is 297 g/mol. The van der Waals surface area contributed by atoms with E-state index in [-0.39, 0.29) is 11.8 Å². The lowest BCUT2D eigenvalue weighted by molar-refractivity contribution is 0.0836. The van der Waals surface area contributed by atoms with Crippen LogP contribution in [0.25, 0.3) is 0 Å². The van der Waals surface area contributed by atoms with Gasteiger partial charge in [-0.05, 0) is 19.1 Å². The summed E-state index contributed by atoms with van der Waals surface area (Å²) in [6.07, 6.45) is 0. The third-order valence-electron chi connectivity index (χ3n) is 3.48. The SMILES string of the molecule is CC1CN(C(C)C(=O)c2cccc(Cl)c2)CC(C)S1. The van der Waals surface area contributed by atoms with E-state index >= 15 is 0 Å². The Balaban J connectivity index is 2.10. The van der Waals surface area contributed by atoms with E-state index in [4.69, 9.17) is 11.6 Å². The summed E-state index contributed by atoms with van der Waals surface area (Å²) in [5.41, 5.74) is 0.707. The van der Waals surface area contributed by atoms with Gasteiger partial charge >= 0.3 is 0 Å². The lowest BCUT2D eigenvalue weighted by Gasteiger charge is -2.37. The molecule has 104 valence electrons. The van der Waals surface area contributed by atoms with E-state index in [2.05, 4.69) is 18.7 Å². The van der Waals surface area contributed by atoms with Crippen LogP contribution < -0.4 is 0 Å². The van der Waals surface area contributed by atoms with Crippen LogP contribution in [0.15, 0.2) is 24.3 Å². The summed E-state index contributed by atoms with van der Waals surface area (Å²) < 4.78 is 0. The molecule has 2 rings (SSSR count). The van der Waals surface area contributed by atoms with Gasteiger partial charge in [0.05, 0.1) is 6.04 Å². The zero-order valence-corrected chi connectivity index (χ0v) is 13.2. The van der Waals surface area contributed by atoms with Crippen LogP contribution in [0.3, 0.4) is 0 Å². The maximum absolute atomic E-state index is 12.5. The molecule has 0 spiro atoms. The van der Waals surface area contributed by atoms with Crippen molar-refractivity contribution < 1.29 is 4.79 Å². The summed E-state index contributed by atoms with van der Waals surface area (Å²) in [6, 6.07) is 7.15. The number of Topliss-reactive ketones (excluding diaryl/α,β-unsaturated/α-hetero) is 1. The second kappa shape index (κ2) is 6.29. The zero-order chi connectivity index (χ0) is 14.0. The minimum Gasteiger partial charge on any atom is -0.292 e. The predicted octanol–water partition coefficient (Wildman–Crippen LogP) is 3.74. The molecule has 1 aliphatic heterocycles. The highest BCUT2D eigenvalue weighted by atomic mass is 35.5. The van der Waals surface area contributed by atoms with Gasteiger partial charge in [0.15, 0.2) is 5.78 Å². The molecule has 1 fully saturated rings. The molecule has 0 bridgehead atoms. The quantitative estimate of drug-likeness (QED) is 0.793. The number of carbonyl (C=O) groups is 1. The van der Waals surface area contributed by atoms with Crippen LogP contribution in [-0.2, 0) is 0 Å². The number of nitrogens with zero attached hydrogens (tertiary/aromatic N) is 1. The molecule has 4 heteroatoms. The molecule has 1 aromatic rings. The van der Waals surface area contributed by atoms with Crippen LogP contribution in [0.5, 0.6) is 0 Å². The lowest BCUT2D eigenvalue weighted by Crippen LogP contribution is -2.48. The fourth-order valence-corrected chi connectivity index (χ4v) is 4.12. The standard InChI is InChI=1S/C15H20ClNOS/c1-10-8-17(9-11(2)19-10)12(3)15(18)13-5-4-6-14(16)7-13/h4-7,10-12H,8-9H2,1-3H3. The number of thioether (sulfide) groups is 1. The van der Waals surface area contributed by atoms with Crippen LogP contribution in [0, 0.1) is 0 Å². The first-order valence-corrected chi connectivity index (χ1v) is 7.98. The van der Waals surface area contributed by atoms with Gasteiger partial charge in [0.1, 0.15) is 0 Å². The number of rotatable bonds is 3. The molecule has 3 unspecified atom stereocenters. The van der Waals surface area contributed by atoms with Gasteiger partial charge in [0.2, 0.25) is 0 Å². The molecule has 0 aliphatic carbocycles. The Morgan fingerprint density at radius 1 is 1.37 bits per heavy atom. The maximum atomic E-state index is 12.5. The minimum atomic E-state index is -0.0794. The molecular formula is C15H20ClNOS. The van der Waals surface area contributed by atoms with Gasteiger partial charge in [0, 0.05) is 34.2 Å². The minimum absolute atomic E-state index is 0.0794. The van der Waals surface area contributed by atoms with E-state index in [0.29, 0.717) is 21.1 Å². The van der Waals surface area contributed by atoms with Crippen molar-refractivity contribution in [3.05, 3.63) is 34.9 Å². The van der Waals surface area contributed by atoms with Gasteiger partial charge < -0.3 is 0 Å². The molecule has 3 atom stereocenters. The van der Waals surface area contributed by atoms with Gasteiger partial charge in [-0.25, -0.2) is 0 Å². The van der Waals surface area contributed by atoms with Crippen molar-refractivity contribution in [1.82, 2.24) is 4.90 Å². The number of halogens is 1. The first-order chi connectivity index (χ1) is 8.97. The summed E-state index contributed by atoms with van der Waals surface area (Å²) in [5, 5.41) is 1.78. The van der Waals surface area contributed by atoms with E-state index < -0.39 is 0 Å². The van der Waals surface area contributed by atoms with Crippen LogP contribution in [0.1, 0.15) is 31.1 Å². The van der Waals surface area contributed by atoms with Gasteiger partial charge in [-0.15, -0.1) is 0 Å². The van der Waals surface area contributed by atoms with E-state index in [1.54, 1.807) is 12.1 Å². The third-order valence-corrected chi connectivity index (χ3v) is 4.95. The molecule has 0 radical (unpaired) electrons. The van der Waals surface area contributed by atoms with Gasteiger partial charge in [-0.1, -0.05) is 37.6 Å². The van der Waals surface area contributed by atoms with E-state index in [9.17, 15) is 4.79 Å². The smallest absolute Gasteiger partial charge is 0.179 e. The highest BCUT2D eigenvalue weighted by Crippen LogP contribution is 2.26. The molecule has 1 aliphatic rings. The maximum Gasteiger partial charge on any atom is 0.179 e. The van der Waals surface area contributed by atoms with Crippen molar-refractivity contribution >= 4 is 29.1 Å². The fourth-order valence-electron chi connectivity index (χ4n) is 2.58. The third kappa shape index (κ3) is 3.74. The van der Waals surface area contributed by atoms with Gasteiger partial charge in [-0.3, -0.25) is 9.69 Å². The molecule has 0 saturated carbocycles. The van der Waals surface area contributed by atoms with Crippen molar-refractivity contribution in [2.24, 2.45) is 0 Å². The Kier molecular flexibility index (Phi) is 4.93. The number of carbonyl (C=O) groups excluding carboxylic acids is 1. The molecule has 1 aromatic carbocycles. The summed E-state index contributed by atoms with van der Waals surface area (Å²) in [7, 11) is 0. The van der Waals surface area contributed by atoms with Crippen molar-refractivity contribution in [2.75, 3.05) is 13.1 Å². The molecule has 1 heterocycles. The van der Waals surface area contributed by atoms with Crippen molar-refractivity contribution in [2.45, 2.75) is 37.3 Å². The Hall–Kier alpha value is -0.510. The number of benzene rings is 1. The molecule has 0 N–H and O–H groups in total. The fraction of sp³-hybridized carbons (Fsp3) is 0.533. The summed E-state index contributed by atoms with van der Waals surface area (Å²) in [4.78, 5) is 14.8. The second-order valence-corrected chi connectivity index (χ2v) is 7.58. The molecule has 0 aromatic heterocycles. The van der Waals surface area contributed by atoms with E-state index in [1.165, 1.54) is 0 Å². The van der Waals surface area contributed by atoms with E-state index in [1.807, 2.05) is 30.8 Å². The Morgan fingerprint density at radius 2 is 2.00 bits per heavy atom. The van der Waals surface area contributed by atoms with Crippen LogP contribution >= 0.6 is 23.4 Å². The largest absolute Gasteiger partial charge is 0.292 e. The van der Waals surface area contributed by atoms with Crippen LogP contribution in [0.4, 0.5) is 0 Å². The number of ketones is 1. The molecule has 1 saturated heterocycles. The number of hydrogen-bond acceptors (Lipinski definition) is 3. The first kappa shape index (κ1) is 14.9. The first-order valence-electron chi connectivity index (χ1n) is 6.66. The van der Waals surface area contributed by atoms with E-state index in [0.717, 1.165) is 13.1 Å². The normalized spacial score (nSPS) is 26.1. The summed E-state index contributed by atoms with van der Waals surface area (Å²) in [5.74, 6) is 0.161. The van der Waals surface area contributed by atoms with Crippen molar-refractivity contribution in [1.29, 1.82) is 0 Å². The highest BCUT2D eigenvalue weighted by molar-refractivity contribution is 8.00. The predicted molar refractivity (Wildman–Crippen MR) is 83.3 cm³/mol. The lowest BCUT2D eigenvalue weighted by atomic mass is 10.0. The molecular weight excluding hydrogens is 278 g/mol. The van der Waals surface area contributed by atoms with Crippen LogP contribution in [0.2, 0.25) is 5.02 Å². The Bertz CT molecular complexity index is 455. The van der Waals surface area contributed by atoms with Gasteiger partial charge in [-0.2, -0.15) is 11.8 Å². The average molecular weight is 298 g/mol.